The topological polar surface area (TPSA) is 0 Å². The van der Waals surface area contributed by atoms with Crippen molar-refractivity contribution in [2.24, 2.45) is 11.8 Å². The largest absolute Gasteiger partial charge is 0.108 e. The molecule has 72 valence electrons. The molecule has 2 aliphatic carbocycles. The summed E-state index contributed by atoms with van der Waals surface area (Å²) in [5.74, 6) is 8.46. The van der Waals surface area contributed by atoms with Gasteiger partial charge in [-0.3, -0.25) is 0 Å². The van der Waals surface area contributed by atoms with Crippen molar-refractivity contribution in [2.75, 3.05) is 26.7 Å². The first kappa shape index (κ1) is 9.96. The molecular formula is C11H18P2. The lowest BCUT2D eigenvalue weighted by molar-refractivity contribution is 0.704. The zero-order valence-corrected chi connectivity index (χ0v) is 10.7. The van der Waals surface area contributed by atoms with Crippen molar-refractivity contribution in [3.05, 3.63) is 0 Å². The van der Waals surface area contributed by atoms with Crippen LogP contribution in [0.2, 0.25) is 0 Å². The lowest BCUT2D eigenvalue weighted by Crippen LogP contribution is -2.26. The van der Waals surface area contributed by atoms with Gasteiger partial charge in [-0.05, 0) is 33.1 Å². The van der Waals surface area contributed by atoms with Crippen molar-refractivity contribution in [3.8, 4) is 11.8 Å². The van der Waals surface area contributed by atoms with E-state index in [0.29, 0.717) is 0 Å². The van der Waals surface area contributed by atoms with E-state index in [0.717, 1.165) is 23.2 Å². The van der Waals surface area contributed by atoms with Crippen molar-refractivity contribution in [2.45, 2.75) is 17.7 Å². The Labute approximate surface area is 84.4 Å². The number of hydrogen-bond acceptors (Lipinski definition) is 0. The van der Waals surface area contributed by atoms with Crippen molar-refractivity contribution < 1.29 is 0 Å². The van der Waals surface area contributed by atoms with Crippen LogP contribution in [0.3, 0.4) is 0 Å². The molecule has 0 heterocycles. The highest BCUT2D eigenvalue weighted by atomic mass is 31.1. The van der Waals surface area contributed by atoms with E-state index in [9.17, 15) is 0 Å². The highest BCUT2D eigenvalue weighted by molar-refractivity contribution is 7.61. The molecule has 0 spiro atoms. The quantitative estimate of drug-likeness (QED) is 0.487. The van der Waals surface area contributed by atoms with Crippen LogP contribution < -0.4 is 0 Å². The molecule has 0 aliphatic heterocycles. The second-order valence-corrected chi connectivity index (χ2v) is 9.69. The van der Waals surface area contributed by atoms with E-state index in [1.54, 1.807) is 0 Å². The van der Waals surface area contributed by atoms with Gasteiger partial charge >= 0.3 is 0 Å². The summed E-state index contributed by atoms with van der Waals surface area (Å²) < 4.78 is 0. The molecule has 0 aromatic rings. The highest BCUT2D eigenvalue weighted by Crippen LogP contribution is 2.59. The lowest BCUT2D eigenvalue weighted by Gasteiger charge is -2.32. The second kappa shape index (κ2) is 3.53. The highest BCUT2D eigenvalue weighted by Gasteiger charge is 2.47. The summed E-state index contributed by atoms with van der Waals surface area (Å²) in [4.78, 5) is 0. The van der Waals surface area contributed by atoms with Gasteiger partial charge in [0.15, 0.2) is 0 Å². The van der Waals surface area contributed by atoms with Crippen LogP contribution in [0.15, 0.2) is 0 Å². The molecule has 13 heavy (non-hydrogen) atoms. The van der Waals surface area contributed by atoms with Crippen molar-refractivity contribution in [1.82, 2.24) is 0 Å². The van der Waals surface area contributed by atoms with E-state index in [1.807, 2.05) is 0 Å². The number of rotatable bonds is 2. The third-order valence-electron chi connectivity index (χ3n) is 3.33. The molecule has 2 bridgehead atoms. The van der Waals surface area contributed by atoms with Crippen molar-refractivity contribution in [3.63, 3.8) is 0 Å². The summed E-state index contributed by atoms with van der Waals surface area (Å²) in [6, 6.07) is 0. The summed E-state index contributed by atoms with van der Waals surface area (Å²) in [5.41, 5.74) is 1.95. The van der Waals surface area contributed by atoms with Crippen LogP contribution in [-0.2, 0) is 0 Å². The van der Waals surface area contributed by atoms with Crippen LogP contribution in [0.25, 0.3) is 0 Å². The fourth-order valence-electron chi connectivity index (χ4n) is 2.86. The fraction of sp³-hybridized carbons (Fsp3) is 0.818. The standard InChI is InChI=1S/C11H18P2/c1-12(2)10-8-5-6-9(7-8)11(10)13(3)4/h8-11H,7H2,1-4H3. The Kier molecular flexibility index (Phi) is 2.70. The molecule has 2 rings (SSSR count). The Hall–Kier alpha value is 0.420. The van der Waals surface area contributed by atoms with E-state index in [4.69, 9.17) is 0 Å². The average molecular weight is 212 g/mol. The molecule has 2 aliphatic rings. The zero-order chi connectivity index (χ0) is 9.59. The van der Waals surface area contributed by atoms with Gasteiger partial charge in [-0.25, -0.2) is 0 Å². The average Bonchev–Trinajstić information content (AvgIpc) is 2.60. The third-order valence-corrected chi connectivity index (χ3v) is 7.31. The molecule has 0 nitrogen and oxygen atoms in total. The molecule has 0 amide bonds. The maximum Gasteiger partial charge on any atom is 0.0288 e. The molecule has 0 saturated heterocycles. The maximum atomic E-state index is 3.45. The van der Waals surface area contributed by atoms with Crippen LogP contribution in [-0.4, -0.2) is 38.0 Å². The normalized spacial score (nSPS) is 41.4. The smallest absolute Gasteiger partial charge is 0.0288 e. The molecule has 4 atom stereocenters. The van der Waals surface area contributed by atoms with E-state index < -0.39 is 0 Å². The van der Waals surface area contributed by atoms with E-state index in [2.05, 4.69) is 38.5 Å². The Morgan fingerprint density at radius 1 is 0.846 bits per heavy atom. The van der Waals surface area contributed by atoms with Gasteiger partial charge in [0, 0.05) is 23.2 Å². The van der Waals surface area contributed by atoms with Crippen LogP contribution in [0.4, 0.5) is 0 Å². The lowest BCUT2D eigenvalue weighted by atomic mass is 10.1. The summed E-state index contributed by atoms with van der Waals surface area (Å²) in [7, 11) is 0.451. The number of hydrogen-bond donors (Lipinski definition) is 0. The van der Waals surface area contributed by atoms with Gasteiger partial charge in [-0.15, -0.1) is 15.8 Å². The predicted octanol–water partition coefficient (Wildman–Crippen LogP) is 2.86. The van der Waals surface area contributed by atoms with Crippen LogP contribution >= 0.6 is 15.8 Å². The molecule has 2 heteroatoms. The summed E-state index contributed by atoms with van der Waals surface area (Å²) >= 11 is 0. The van der Waals surface area contributed by atoms with Crippen LogP contribution in [0.1, 0.15) is 6.42 Å². The maximum absolute atomic E-state index is 3.45. The van der Waals surface area contributed by atoms with E-state index >= 15 is 0 Å². The first-order valence-electron chi connectivity index (χ1n) is 4.95. The molecule has 1 saturated carbocycles. The summed E-state index contributed by atoms with van der Waals surface area (Å²) in [5, 5.41) is 0. The Balaban J connectivity index is 2.22. The zero-order valence-electron chi connectivity index (χ0n) is 8.91. The predicted molar refractivity (Wildman–Crippen MR) is 64.5 cm³/mol. The van der Waals surface area contributed by atoms with E-state index in [1.165, 1.54) is 6.42 Å². The minimum absolute atomic E-state index is 0.226. The molecule has 1 fully saturated rings. The van der Waals surface area contributed by atoms with Gasteiger partial charge < -0.3 is 0 Å². The van der Waals surface area contributed by atoms with Crippen molar-refractivity contribution >= 4 is 15.8 Å². The summed E-state index contributed by atoms with van der Waals surface area (Å²) in [6.45, 7) is 9.75. The van der Waals surface area contributed by atoms with Crippen LogP contribution in [0, 0.1) is 23.7 Å². The van der Waals surface area contributed by atoms with E-state index in [-0.39, 0.29) is 15.8 Å². The third kappa shape index (κ3) is 1.56. The number of fused-ring (bicyclic) bond motifs is 2. The van der Waals surface area contributed by atoms with Gasteiger partial charge in [0.05, 0.1) is 0 Å². The van der Waals surface area contributed by atoms with Gasteiger partial charge in [-0.1, -0.05) is 11.8 Å². The molecule has 0 N–H and O–H groups in total. The SMILES string of the molecule is CP(C)C1C2C#CC(C2)C1P(C)C. The Morgan fingerprint density at radius 2 is 1.23 bits per heavy atom. The Morgan fingerprint density at radius 3 is 1.54 bits per heavy atom. The molecule has 4 unspecified atom stereocenters. The minimum atomic E-state index is 0.226. The van der Waals surface area contributed by atoms with Gasteiger partial charge in [0.2, 0.25) is 0 Å². The van der Waals surface area contributed by atoms with Gasteiger partial charge in [0.25, 0.3) is 0 Å². The van der Waals surface area contributed by atoms with Gasteiger partial charge in [-0.2, -0.15) is 0 Å². The Bertz CT molecular complexity index is 235. The summed E-state index contributed by atoms with van der Waals surface area (Å²) in [6.07, 6.45) is 1.37. The van der Waals surface area contributed by atoms with Gasteiger partial charge in [0.1, 0.15) is 0 Å². The minimum Gasteiger partial charge on any atom is -0.108 e. The first-order valence-corrected chi connectivity index (χ1v) is 9.56. The first-order chi connectivity index (χ1) is 6.11. The molecule has 0 aromatic carbocycles. The molecule has 0 aromatic heterocycles. The monoisotopic (exact) mass is 212 g/mol. The van der Waals surface area contributed by atoms with Crippen molar-refractivity contribution in [1.29, 1.82) is 0 Å². The molecule has 0 radical (unpaired) electrons. The fourth-order valence-corrected chi connectivity index (χ4v) is 7.93. The van der Waals surface area contributed by atoms with Crippen LogP contribution in [0.5, 0.6) is 0 Å². The molecular weight excluding hydrogens is 194 g/mol. The second-order valence-electron chi connectivity index (χ2n) is 4.65.